The lowest BCUT2D eigenvalue weighted by atomic mass is 10.2. The molecule has 1 N–H and O–H groups in total. The number of hydrogen-bond acceptors (Lipinski definition) is 4. The van der Waals surface area contributed by atoms with Crippen LogP contribution in [0.2, 0.25) is 0 Å². The lowest BCUT2D eigenvalue weighted by Gasteiger charge is -2.28. The number of carbonyl (C=O) groups is 1. The summed E-state index contributed by atoms with van der Waals surface area (Å²) in [4.78, 5) is 13.4. The number of carbonyl (C=O) groups excluding carboxylic acids is 1. The molecule has 0 aromatic rings. The molecule has 1 rings (SSSR count). The Labute approximate surface area is 103 Å². The summed E-state index contributed by atoms with van der Waals surface area (Å²) in [6.45, 7) is 5.73. The van der Waals surface area contributed by atoms with Gasteiger partial charge in [0.2, 0.25) is 5.91 Å². The fourth-order valence-electron chi connectivity index (χ4n) is 2.31. The number of nitrogens with one attached hydrogen (secondary N) is 1. The second-order valence-electron chi connectivity index (χ2n) is 4.64. The normalized spacial score (nSPS) is 20.1. The van der Waals surface area contributed by atoms with Gasteiger partial charge < -0.3 is 19.7 Å². The third kappa shape index (κ3) is 4.26. The second-order valence-corrected chi connectivity index (χ2v) is 4.64. The van der Waals surface area contributed by atoms with Gasteiger partial charge in [-0.15, -0.1) is 0 Å². The molecule has 1 heterocycles. The van der Waals surface area contributed by atoms with Crippen molar-refractivity contribution >= 4 is 5.91 Å². The van der Waals surface area contributed by atoms with Gasteiger partial charge in [0.15, 0.2) is 6.29 Å². The Morgan fingerprint density at radius 2 is 2.00 bits per heavy atom. The first kappa shape index (κ1) is 14.4. The maximum absolute atomic E-state index is 11.5. The first-order valence-electron chi connectivity index (χ1n) is 6.18. The van der Waals surface area contributed by atoms with Gasteiger partial charge in [-0.1, -0.05) is 0 Å². The van der Waals surface area contributed by atoms with E-state index < -0.39 is 0 Å². The molecule has 100 valence electrons. The molecule has 0 aromatic heterocycles. The van der Waals surface area contributed by atoms with Crippen molar-refractivity contribution in [2.45, 2.75) is 45.1 Å². The highest BCUT2D eigenvalue weighted by atomic mass is 16.7. The number of hydrogen-bond donors (Lipinski definition) is 1. The summed E-state index contributed by atoms with van der Waals surface area (Å²) in [6.07, 6.45) is 1.42. The Balaban J connectivity index is 2.33. The molecule has 5 nitrogen and oxygen atoms in total. The minimum atomic E-state index is -0.258. The van der Waals surface area contributed by atoms with Gasteiger partial charge in [-0.2, -0.15) is 0 Å². The summed E-state index contributed by atoms with van der Waals surface area (Å²) in [5, 5.41) is 3.39. The Kier molecular flexibility index (Phi) is 5.88. The average Bonchev–Trinajstić information content (AvgIpc) is 2.66. The quantitative estimate of drug-likeness (QED) is 0.666. The van der Waals surface area contributed by atoms with E-state index in [4.69, 9.17) is 9.47 Å². The van der Waals surface area contributed by atoms with Gasteiger partial charge in [-0.25, -0.2) is 0 Å². The van der Waals surface area contributed by atoms with Gasteiger partial charge in [0.05, 0.1) is 6.04 Å². The summed E-state index contributed by atoms with van der Waals surface area (Å²) in [5.41, 5.74) is 0. The number of methoxy groups -OCH3 is 2. The van der Waals surface area contributed by atoms with Crippen molar-refractivity contribution in [1.29, 1.82) is 0 Å². The summed E-state index contributed by atoms with van der Waals surface area (Å²) in [6, 6.07) is 0.331. The van der Waals surface area contributed by atoms with Gasteiger partial charge in [-0.3, -0.25) is 4.79 Å². The Morgan fingerprint density at radius 1 is 1.35 bits per heavy atom. The van der Waals surface area contributed by atoms with Crippen molar-refractivity contribution in [3.8, 4) is 0 Å². The molecule has 5 heteroatoms. The SMILES string of the molecule is COC(OC)C(C)NC(C)CN1CCCC1=O. The molecule has 1 aliphatic heterocycles. The summed E-state index contributed by atoms with van der Waals surface area (Å²) < 4.78 is 10.4. The van der Waals surface area contributed by atoms with E-state index in [1.165, 1.54) is 0 Å². The first-order valence-corrected chi connectivity index (χ1v) is 6.18. The van der Waals surface area contributed by atoms with Crippen LogP contribution in [0.15, 0.2) is 0 Å². The third-order valence-corrected chi connectivity index (χ3v) is 3.09. The van der Waals surface area contributed by atoms with E-state index in [1.54, 1.807) is 14.2 Å². The molecular weight excluding hydrogens is 220 g/mol. The second kappa shape index (κ2) is 6.93. The molecule has 2 unspecified atom stereocenters. The van der Waals surface area contributed by atoms with Gasteiger partial charge >= 0.3 is 0 Å². The van der Waals surface area contributed by atoms with Crippen molar-refractivity contribution in [2.24, 2.45) is 0 Å². The minimum absolute atomic E-state index is 0.0951. The van der Waals surface area contributed by atoms with Gasteiger partial charge in [0.25, 0.3) is 0 Å². The number of likely N-dealkylation sites (tertiary alicyclic amines) is 1. The van der Waals surface area contributed by atoms with E-state index in [0.717, 1.165) is 19.5 Å². The van der Waals surface area contributed by atoms with Crippen molar-refractivity contribution < 1.29 is 14.3 Å². The molecule has 1 amide bonds. The molecular formula is C12H24N2O3. The Morgan fingerprint density at radius 3 is 2.47 bits per heavy atom. The van der Waals surface area contributed by atoms with Crippen molar-refractivity contribution in [2.75, 3.05) is 27.3 Å². The molecule has 0 aliphatic carbocycles. The van der Waals surface area contributed by atoms with Crippen LogP contribution >= 0.6 is 0 Å². The fourth-order valence-corrected chi connectivity index (χ4v) is 2.31. The zero-order valence-corrected chi connectivity index (χ0v) is 11.2. The lowest BCUT2D eigenvalue weighted by Crippen LogP contribution is -2.48. The van der Waals surface area contributed by atoms with E-state index in [1.807, 2.05) is 11.8 Å². The fraction of sp³-hybridized carbons (Fsp3) is 0.917. The monoisotopic (exact) mass is 244 g/mol. The van der Waals surface area contributed by atoms with Crippen LogP contribution in [0.3, 0.4) is 0 Å². The van der Waals surface area contributed by atoms with E-state index in [0.29, 0.717) is 6.42 Å². The standard InChI is InChI=1S/C12H24N2O3/c1-9(8-14-7-5-6-11(14)15)13-10(2)12(16-3)17-4/h9-10,12-13H,5-8H2,1-4H3. The largest absolute Gasteiger partial charge is 0.354 e. The van der Waals surface area contributed by atoms with Gasteiger partial charge in [0, 0.05) is 39.8 Å². The average molecular weight is 244 g/mol. The molecule has 0 spiro atoms. The van der Waals surface area contributed by atoms with Gasteiger partial charge in [0.1, 0.15) is 0 Å². The van der Waals surface area contributed by atoms with Crippen molar-refractivity contribution in [3.63, 3.8) is 0 Å². The maximum Gasteiger partial charge on any atom is 0.222 e. The van der Waals surface area contributed by atoms with Crippen molar-refractivity contribution in [3.05, 3.63) is 0 Å². The highest BCUT2D eigenvalue weighted by Gasteiger charge is 2.23. The van der Waals surface area contributed by atoms with Crippen LogP contribution in [0, 0.1) is 0 Å². The van der Waals surface area contributed by atoms with Crippen LogP contribution in [0.25, 0.3) is 0 Å². The molecule has 2 atom stereocenters. The van der Waals surface area contributed by atoms with Crippen molar-refractivity contribution in [1.82, 2.24) is 10.2 Å². The first-order chi connectivity index (χ1) is 8.08. The van der Waals surface area contributed by atoms with Gasteiger partial charge in [-0.05, 0) is 20.3 Å². The molecule has 17 heavy (non-hydrogen) atoms. The van der Waals surface area contributed by atoms with Crippen LogP contribution < -0.4 is 5.32 Å². The van der Waals surface area contributed by atoms with E-state index >= 15 is 0 Å². The predicted octanol–water partition coefficient (Wildman–Crippen LogP) is 0.594. The van der Waals surface area contributed by atoms with Crippen LogP contribution in [0.1, 0.15) is 26.7 Å². The predicted molar refractivity (Wildman–Crippen MR) is 65.7 cm³/mol. The van der Waals surface area contributed by atoms with Crippen LogP contribution in [0.4, 0.5) is 0 Å². The number of ether oxygens (including phenoxy) is 2. The van der Waals surface area contributed by atoms with Crippen LogP contribution in [-0.2, 0) is 14.3 Å². The van der Waals surface area contributed by atoms with E-state index in [-0.39, 0.29) is 24.3 Å². The number of rotatable bonds is 7. The zero-order chi connectivity index (χ0) is 12.8. The highest BCUT2D eigenvalue weighted by Crippen LogP contribution is 2.10. The topological polar surface area (TPSA) is 50.8 Å². The molecule has 0 radical (unpaired) electrons. The highest BCUT2D eigenvalue weighted by molar-refractivity contribution is 5.78. The summed E-state index contributed by atoms with van der Waals surface area (Å²) in [5.74, 6) is 0.265. The zero-order valence-electron chi connectivity index (χ0n) is 11.2. The van der Waals surface area contributed by atoms with E-state index in [2.05, 4.69) is 12.2 Å². The third-order valence-electron chi connectivity index (χ3n) is 3.09. The number of amides is 1. The Bertz CT molecular complexity index is 244. The molecule has 0 saturated carbocycles. The molecule has 1 saturated heterocycles. The Hall–Kier alpha value is -0.650. The molecule has 1 aliphatic rings. The number of nitrogens with zero attached hydrogens (tertiary/aromatic N) is 1. The molecule has 1 fully saturated rings. The summed E-state index contributed by atoms with van der Waals surface area (Å²) in [7, 11) is 3.25. The smallest absolute Gasteiger partial charge is 0.222 e. The summed E-state index contributed by atoms with van der Waals surface area (Å²) >= 11 is 0. The minimum Gasteiger partial charge on any atom is -0.354 e. The lowest BCUT2D eigenvalue weighted by molar-refractivity contribution is -0.128. The molecule has 0 aromatic carbocycles. The van der Waals surface area contributed by atoms with E-state index in [9.17, 15) is 4.79 Å². The molecule has 0 bridgehead atoms. The maximum atomic E-state index is 11.5. The van der Waals surface area contributed by atoms with Crippen LogP contribution in [0.5, 0.6) is 0 Å². The van der Waals surface area contributed by atoms with Crippen LogP contribution in [-0.4, -0.2) is 56.5 Å².